The summed E-state index contributed by atoms with van der Waals surface area (Å²) in [4.78, 5) is 52.2. The number of anilines is 1. The second-order valence-electron chi connectivity index (χ2n) is 8.99. The molecule has 0 bridgehead atoms. The molecule has 2 amide bonds. The fraction of sp³-hybridized carbons (Fsp3) is 0.333. The fourth-order valence-electron chi connectivity index (χ4n) is 4.61. The number of rotatable bonds is 5. The summed E-state index contributed by atoms with van der Waals surface area (Å²) in [6.45, 7) is 3.69. The van der Waals surface area contributed by atoms with Crippen molar-refractivity contribution in [1.82, 2.24) is 10.2 Å². The van der Waals surface area contributed by atoms with E-state index in [1.54, 1.807) is 48.5 Å². The molecule has 2 aromatic rings. The summed E-state index contributed by atoms with van der Waals surface area (Å²) in [5, 5.41) is 2.38. The Morgan fingerprint density at radius 1 is 1.18 bits per heavy atom. The van der Waals surface area contributed by atoms with Gasteiger partial charge in [-0.05, 0) is 37.6 Å². The Morgan fingerprint density at radius 2 is 1.94 bits per heavy atom. The molecule has 3 aliphatic rings. The Labute approximate surface area is 199 Å². The molecule has 1 unspecified atom stereocenters. The van der Waals surface area contributed by atoms with Crippen LogP contribution in [0.5, 0.6) is 0 Å². The molecule has 10 heteroatoms. The van der Waals surface area contributed by atoms with Crippen LogP contribution in [0.3, 0.4) is 0 Å². The maximum absolute atomic E-state index is 13.2. The maximum atomic E-state index is 13.2. The highest BCUT2D eigenvalue weighted by Crippen LogP contribution is 2.51. The Kier molecular flexibility index (Phi) is 5.27. The Hall–Kier alpha value is -3.53. The number of hydrogen-bond acceptors (Lipinski definition) is 8. The fourth-order valence-corrected chi connectivity index (χ4v) is 6.23. The van der Waals surface area contributed by atoms with Gasteiger partial charge in [-0.25, -0.2) is 9.59 Å². The molecule has 0 radical (unpaired) electrons. The number of benzene rings is 2. The van der Waals surface area contributed by atoms with E-state index < -0.39 is 40.4 Å². The number of hydrogen-bond donors (Lipinski definition) is 2. The number of nitrogen functional groups attached to an aromatic ring is 1. The van der Waals surface area contributed by atoms with Crippen LogP contribution in [0.2, 0.25) is 0 Å². The zero-order chi connectivity index (χ0) is 24.2. The molecule has 5 rings (SSSR count). The van der Waals surface area contributed by atoms with Crippen LogP contribution in [-0.2, 0) is 30.3 Å². The van der Waals surface area contributed by atoms with Crippen LogP contribution in [0.25, 0.3) is 0 Å². The molecule has 176 valence electrons. The Morgan fingerprint density at radius 3 is 2.71 bits per heavy atom. The van der Waals surface area contributed by atoms with Crippen molar-refractivity contribution in [3.63, 3.8) is 0 Å². The predicted molar refractivity (Wildman–Crippen MR) is 123 cm³/mol. The summed E-state index contributed by atoms with van der Waals surface area (Å²) in [5.74, 6) is -1.88. The second kappa shape index (κ2) is 8.05. The van der Waals surface area contributed by atoms with E-state index in [0.29, 0.717) is 16.8 Å². The van der Waals surface area contributed by atoms with Crippen LogP contribution in [0, 0.1) is 0 Å². The van der Waals surface area contributed by atoms with Crippen molar-refractivity contribution >= 4 is 41.2 Å². The standard InChI is InChI=1S/C24H23N3O6S/c1-24(2)18(22(31)33-23-15-9-4-3-8-14(15)21(30)32-23)27-19(29)17(20(27)34-24)26-16(28)11-12-6-5-7-13(25)10-12/h3-10,17-18,20,23H,11,25H2,1-2H3,(H,26,28)/t17-,18+,20-,23?/m1/s1. The number of carbonyl (C=O) groups excluding carboxylic acids is 4. The number of ether oxygens (including phenoxy) is 2. The van der Waals surface area contributed by atoms with Crippen molar-refractivity contribution in [2.24, 2.45) is 0 Å². The molecule has 0 saturated carbocycles. The summed E-state index contributed by atoms with van der Waals surface area (Å²) in [5.41, 5.74) is 7.89. The molecule has 4 atom stereocenters. The number of carbonyl (C=O) groups is 4. The largest absolute Gasteiger partial charge is 0.419 e. The second-order valence-corrected chi connectivity index (χ2v) is 10.8. The normalized spacial score (nSPS) is 26.2. The average molecular weight is 482 g/mol. The van der Waals surface area contributed by atoms with Crippen LogP contribution in [0.4, 0.5) is 5.69 Å². The molecular formula is C24H23N3O6S. The number of thioether (sulfide) groups is 1. The van der Waals surface area contributed by atoms with E-state index in [1.807, 2.05) is 13.8 Å². The van der Waals surface area contributed by atoms with Gasteiger partial charge in [0.15, 0.2) is 0 Å². The van der Waals surface area contributed by atoms with E-state index in [0.717, 1.165) is 5.56 Å². The molecule has 2 fully saturated rings. The summed E-state index contributed by atoms with van der Waals surface area (Å²) >= 11 is 1.42. The van der Waals surface area contributed by atoms with Crippen molar-refractivity contribution in [3.8, 4) is 0 Å². The van der Waals surface area contributed by atoms with E-state index in [2.05, 4.69) is 5.32 Å². The molecule has 0 aromatic heterocycles. The van der Waals surface area contributed by atoms with Crippen molar-refractivity contribution in [3.05, 3.63) is 65.2 Å². The molecule has 3 heterocycles. The van der Waals surface area contributed by atoms with Gasteiger partial charge in [0.2, 0.25) is 11.8 Å². The lowest BCUT2D eigenvalue weighted by molar-refractivity contribution is -0.180. The number of amides is 2. The topological polar surface area (TPSA) is 128 Å². The van der Waals surface area contributed by atoms with Gasteiger partial charge in [0.05, 0.1) is 12.0 Å². The van der Waals surface area contributed by atoms with Crippen LogP contribution in [0.15, 0.2) is 48.5 Å². The summed E-state index contributed by atoms with van der Waals surface area (Å²) in [6.07, 6.45) is -1.06. The van der Waals surface area contributed by atoms with E-state index in [1.165, 1.54) is 16.7 Å². The number of fused-ring (bicyclic) bond motifs is 2. The highest BCUT2D eigenvalue weighted by atomic mass is 32.2. The molecule has 0 aliphatic carbocycles. The zero-order valence-electron chi connectivity index (χ0n) is 18.5. The molecule has 34 heavy (non-hydrogen) atoms. The molecule has 3 N–H and O–H groups in total. The lowest BCUT2D eigenvalue weighted by Gasteiger charge is -2.44. The first-order chi connectivity index (χ1) is 16.2. The maximum Gasteiger partial charge on any atom is 0.342 e. The minimum absolute atomic E-state index is 0.0908. The number of nitrogens with one attached hydrogen (secondary N) is 1. The van der Waals surface area contributed by atoms with E-state index >= 15 is 0 Å². The number of cyclic esters (lactones) is 1. The third-order valence-electron chi connectivity index (χ3n) is 6.17. The van der Waals surface area contributed by atoms with Gasteiger partial charge >= 0.3 is 11.9 Å². The van der Waals surface area contributed by atoms with Crippen LogP contribution >= 0.6 is 11.8 Å². The lowest BCUT2D eigenvalue weighted by atomic mass is 9.95. The Balaban J connectivity index is 1.26. The van der Waals surface area contributed by atoms with Crippen molar-refractivity contribution in [2.45, 2.75) is 48.8 Å². The molecule has 3 aliphatic heterocycles. The first-order valence-corrected chi connectivity index (χ1v) is 11.7. The molecular weight excluding hydrogens is 458 g/mol. The van der Waals surface area contributed by atoms with Crippen LogP contribution in [0.1, 0.15) is 41.6 Å². The van der Waals surface area contributed by atoms with Crippen LogP contribution < -0.4 is 11.1 Å². The van der Waals surface area contributed by atoms with Gasteiger partial charge in [-0.15, -0.1) is 11.8 Å². The number of β-lactam (4-membered cyclic amide) rings is 1. The van der Waals surface area contributed by atoms with Gasteiger partial charge in [0.1, 0.15) is 17.5 Å². The van der Waals surface area contributed by atoms with Crippen molar-refractivity contribution < 1.29 is 28.7 Å². The zero-order valence-corrected chi connectivity index (χ0v) is 19.3. The SMILES string of the molecule is CC1(C)S[C@@H]2[C@H](NC(=O)Cc3cccc(N)c3)C(=O)N2[C@H]1C(=O)OC1OC(=O)c2ccccc21. The van der Waals surface area contributed by atoms with Crippen molar-refractivity contribution in [1.29, 1.82) is 0 Å². The van der Waals surface area contributed by atoms with Gasteiger partial charge in [-0.3, -0.25) is 9.59 Å². The summed E-state index contributed by atoms with van der Waals surface area (Å²) < 4.78 is 10.1. The molecule has 2 aromatic carbocycles. The predicted octanol–water partition coefficient (Wildman–Crippen LogP) is 1.77. The lowest BCUT2D eigenvalue weighted by Crippen LogP contribution is -2.70. The highest BCUT2D eigenvalue weighted by Gasteiger charge is 2.64. The van der Waals surface area contributed by atoms with Gasteiger partial charge in [0.25, 0.3) is 6.29 Å². The molecule has 2 saturated heterocycles. The van der Waals surface area contributed by atoms with E-state index in [4.69, 9.17) is 15.2 Å². The van der Waals surface area contributed by atoms with Crippen molar-refractivity contribution in [2.75, 3.05) is 5.73 Å². The average Bonchev–Trinajstić information content (AvgIpc) is 3.23. The first kappa shape index (κ1) is 22.3. The minimum atomic E-state index is -1.15. The number of nitrogens with zero attached hydrogens (tertiary/aromatic N) is 1. The van der Waals surface area contributed by atoms with Crippen LogP contribution in [-0.4, -0.2) is 50.9 Å². The first-order valence-electron chi connectivity index (χ1n) is 10.8. The molecule has 0 spiro atoms. The van der Waals surface area contributed by atoms with Gasteiger partial charge in [-0.2, -0.15) is 0 Å². The molecule has 9 nitrogen and oxygen atoms in total. The highest BCUT2D eigenvalue weighted by molar-refractivity contribution is 8.01. The quantitative estimate of drug-likeness (QED) is 0.376. The van der Waals surface area contributed by atoms with E-state index in [9.17, 15) is 19.2 Å². The van der Waals surface area contributed by atoms with E-state index in [-0.39, 0.29) is 18.2 Å². The van der Waals surface area contributed by atoms with Gasteiger partial charge in [0, 0.05) is 16.0 Å². The Bertz CT molecular complexity index is 1210. The smallest absolute Gasteiger partial charge is 0.342 e. The third-order valence-corrected chi connectivity index (χ3v) is 7.74. The monoisotopic (exact) mass is 481 g/mol. The number of esters is 2. The minimum Gasteiger partial charge on any atom is -0.419 e. The number of nitrogens with two attached hydrogens (primary N) is 1. The van der Waals surface area contributed by atoms with Gasteiger partial charge < -0.3 is 25.4 Å². The summed E-state index contributed by atoms with van der Waals surface area (Å²) in [7, 11) is 0. The third kappa shape index (κ3) is 3.67. The summed E-state index contributed by atoms with van der Waals surface area (Å²) in [6, 6.07) is 12.1. The van der Waals surface area contributed by atoms with Gasteiger partial charge in [-0.1, -0.05) is 30.3 Å².